The molecule has 1 aliphatic heterocycles. The number of aromatic nitrogens is 2. The summed E-state index contributed by atoms with van der Waals surface area (Å²) in [5.41, 5.74) is 4.13. The largest absolute Gasteiger partial charge is 0.379 e. The van der Waals surface area contributed by atoms with Gasteiger partial charge in [0.25, 0.3) is 0 Å². The summed E-state index contributed by atoms with van der Waals surface area (Å²) in [6.07, 6.45) is 1.72. The van der Waals surface area contributed by atoms with Gasteiger partial charge in [0.1, 0.15) is 11.6 Å². The lowest BCUT2D eigenvalue weighted by atomic mass is 10.0. The van der Waals surface area contributed by atoms with Crippen molar-refractivity contribution in [3.05, 3.63) is 84.1 Å². The van der Waals surface area contributed by atoms with Crippen molar-refractivity contribution in [2.24, 2.45) is 0 Å². The molecule has 0 atom stereocenters. The standard InChI is InChI=1S/C25H21F2N3O/c26-21-13-18(14-22(27)20(21)16-30-9-11-31-12-10-30)19-7-4-8-23-25(19)29-24(15-28-23)17-5-2-1-3-6-17/h1-8,13-15H,9-12,16H2. The molecule has 0 saturated carbocycles. The van der Waals surface area contributed by atoms with Crippen molar-refractivity contribution in [2.45, 2.75) is 6.54 Å². The van der Waals surface area contributed by atoms with Crippen LogP contribution >= 0.6 is 0 Å². The Bertz CT molecular complexity index is 1200. The van der Waals surface area contributed by atoms with Gasteiger partial charge in [-0.1, -0.05) is 42.5 Å². The number of nitrogens with zero attached hydrogens (tertiary/aromatic N) is 3. The first-order valence-corrected chi connectivity index (χ1v) is 10.3. The van der Waals surface area contributed by atoms with Gasteiger partial charge in [0.15, 0.2) is 0 Å². The summed E-state index contributed by atoms with van der Waals surface area (Å²) < 4.78 is 35.2. The molecule has 6 heteroatoms. The quantitative estimate of drug-likeness (QED) is 0.465. The molecule has 2 heterocycles. The summed E-state index contributed by atoms with van der Waals surface area (Å²) in [5, 5.41) is 0. The fourth-order valence-corrected chi connectivity index (χ4v) is 3.91. The minimum absolute atomic E-state index is 0.0851. The number of ether oxygens (including phenoxy) is 1. The number of rotatable bonds is 4. The van der Waals surface area contributed by atoms with E-state index >= 15 is 0 Å². The average molecular weight is 417 g/mol. The topological polar surface area (TPSA) is 38.2 Å². The normalized spacial score (nSPS) is 14.8. The maximum absolute atomic E-state index is 15.0. The molecule has 1 aliphatic rings. The van der Waals surface area contributed by atoms with Gasteiger partial charge in [-0.2, -0.15) is 0 Å². The van der Waals surface area contributed by atoms with Crippen molar-refractivity contribution >= 4 is 11.0 Å². The van der Waals surface area contributed by atoms with Gasteiger partial charge in [-0.05, 0) is 23.8 Å². The highest BCUT2D eigenvalue weighted by Gasteiger charge is 2.19. The number of hydrogen-bond acceptors (Lipinski definition) is 4. The van der Waals surface area contributed by atoms with Gasteiger partial charge in [-0.25, -0.2) is 13.8 Å². The molecule has 0 aliphatic carbocycles. The van der Waals surface area contributed by atoms with Crippen molar-refractivity contribution in [3.63, 3.8) is 0 Å². The fourth-order valence-electron chi connectivity index (χ4n) is 3.91. The minimum atomic E-state index is -0.550. The van der Waals surface area contributed by atoms with Crippen LogP contribution < -0.4 is 0 Å². The monoisotopic (exact) mass is 417 g/mol. The SMILES string of the molecule is Fc1cc(-c2cccc3ncc(-c4ccccc4)nc23)cc(F)c1CN1CCOCC1. The number of morpholine rings is 1. The summed E-state index contributed by atoms with van der Waals surface area (Å²) in [7, 11) is 0. The molecular weight excluding hydrogens is 396 g/mol. The molecule has 0 bridgehead atoms. The Balaban J connectivity index is 1.55. The second kappa shape index (κ2) is 8.49. The smallest absolute Gasteiger partial charge is 0.131 e. The number of halogens is 2. The van der Waals surface area contributed by atoms with Crippen LogP contribution in [0.1, 0.15) is 5.56 Å². The predicted octanol–water partition coefficient (Wildman–Crippen LogP) is 5.07. The van der Waals surface area contributed by atoms with Crippen molar-refractivity contribution in [1.29, 1.82) is 0 Å². The van der Waals surface area contributed by atoms with E-state index in [-0.39, 0.29) is 12.1 Å². The molecule has 4 nitrogen and oxygen atoms in total. The zero-order valence-corrected chi connectivity index (χ0v) is 16.9. The Morgan fingerprint density at radius 2 is 1.61 bits per heavy atom. The van der Waals surface area contributed by atoms with Crippen LogP contribution in [-0.4, -0.2) is 41.2 Å². The van der Waals surface area contributed by atoms with Gasteiger partial charge in [0.05, 0.1) is 36.1 Å². The maximum atomic E-state index is 15.0. The third-order valence-corrected chi connectivity index (χ3v) is 5.58. The van der Waals surface area contributed by atoms with Gasteiger partial charge in [0, 0.05) is 36.3 Å². The fraction of sp³-hybridized carbons (Fsp3) is 0.200. The van der Waals surface area contributed by atoms with E-state index in [0.29, 0.717) is 54.2 Å². The van der Waals surface area contributed by atoms with Crippen LogP contribution in [0.25, 0.3) is 33.4 Å². The van der Waals surface area contributed by atoms with Crippen molar-refractivity contribution < 1.29 is 13.5 Å². The van der Waals surface area contributed by atoms with Gasteiger partial charge >= 0.3 is 0 Å². The first-order valence-electron chi connectivity index (χ1n) is 10.3. The van der Waals surface area contributed by atoms with Gasteiger partial charge in [-0.3, -0.25) is 9.88 Å². The van der Waals surface area contributed by atoms with E-state index in [4.69, 9.17) is 9.72 Å². The van der Waals surface area contributed by atoms with Crippen molar-refractivity contribution in [3.8, 4) is 22.4 Å². The van der Waals surface area contributed by atoms with Gasteiger partial charge < -0.3 is 4.74 Å². The highest BCUT2D eigenvalue weighted by Crippen LogP contribution is 2.31. The zero-order valence-electron chi connectivity index (χ0n) is 16.9. The third kappa shape index (κ3) is 4.04. The Morgan fingerprint density at radius 1 is 0.871 bits per heavy atom. The third-order valence-electron chi connectivity index (χ3n) is 5.58. The lowest BCUT2D eigenvalue weighted by Crippen LogP contribution is -2.36. The Labute approximate surface area is 179 Å². The van der Waals surface area contributed by atoms with E-state index in [1.807, 2.05) is 53.4 Å². The molecule has 156 valence electrons. The number of benzene rings is 3. The van der Waals surface area contributed by atoms with Crippen LogP contribution in [0.3, 0.4) is 0 Å². The summed E-state index contributed by atoms with van der Waals surface area (Å²) in [6.45, 7) is 2.73. The van der Waals surface area contributed by atoms with Gasteiger partial charge in [-0.15, -0.1) is 0 Å². The summed E-state index contributed by atoms with van der Waals surface area (Å²) >= 11 is 0. The van der Waals surface area contributed by atoms with Crippen molar-refractivity contribution in [2.75, 3.05) is 26.3 Å². The molecule has 1 saturated heterocycles. The van der Waals surface area contributed by atoms with E-state index in [1.165, 1.54) is 12.1 Å². The van der Waals surface area contributed by atoms with E-state index in [9.17, 15) is 8.78 Å². The molecule has 0 radical (unpaired) electrons. The molecule has 0 amide bonds. The van der Waals surface area contributed by atoms with E-state index in [2.05, 4.69) is 4.98 Å². The van der Waals surface area contributed by atoms with Gasteiger partial charge in [0.2, 0.25) is 0 Å². The molecule has 4 aromatic rings. The second-order valence-corrected chi connectivity index (χ2v) is 7.60. The zero-order chi connectivity index (χ0) is 21.2. The molecule has 1 aromatic heterocycles. The molecule has 31 heavy (non-hydrogen) atoms. The Kier molecular flexibility index (Phi) is 5.40. The summed E-state index contributed by atoms with van der Waals surface area (Å²) in [5.74, 6) is -1.10. The van der Waals surface area contributed by atoms with Crippen LogP contribution in [0.5, 0.6) is 0 Å². The minimum Gasteiger partial charge on any atom is -0.379 e. The summed E-state index contributed by atoms with van der Waals surface area (Å²) in [6, 6.07) is 18.0. The first-order chi connectivity index (χ1) is 15.2. The van der Waals surface area contributed by atoms with Crippen LogP contribution in [0, 0.1) is 11.6 Å². The summed E-state index contributed by atoms with van der Waals surface area (Å²) in [4.78, 5) is 11.3. The molecule has 0 N–H and O–H groups in total. The lowest BCUT2D eigenvalue weighted by Gasteiger charge is -2.27. The lowest BCUT2D eigenvalue weighted by molar-refractivity contribution is 0.0332. The number of hydrogen-bond donors (Lipinski definition) is 0. The molecular formula is C25H21F2N3O. The first kappa shape index (κ1) is 19.7. The molecule has 3 aromatic carbocycles. The van der Waals surface area contributed by atoms with E-state index in [1.54, 1.807) is 6.20 Å². The van der Waals surface area contributed by atoms with Crippen molar-refractivity contribution in [1.82, 2.24) is 14.9 Å². The Hall–Kier alpha value is -3.22. The predicted molar refractivity (Wildman–Crippen MR) is 116 cm³/mol. The molecule has 1 fully saturated rings. The Morgan fingerprint density at radius 3 is 2.35 bits per heavy atom. The van der Waals surface area contributed by atoms with Crippen LogP contribution in [0.15, 0.2) is 66.9 Å². The van der Waals surface area contributed by atoms with E-state index in [0.717, 1.165) is 5.56 Å². The van der Waals surface area contributed by atoms with Crippen LogP contribution in [0.4, 0.5) is 8.78 Å². The second-order valence-electron chi connectivity index (χ2n) is 7.60. The highest BCUT2D eigenvalue weighted by molar-refractivity contribution is 5.92. The van der Waals surface area contributed by atoms with E-state index < -0.39 is 11.6 Å². The molecule has 0 unspecified atom stereocenters. The highest BCUT2D eigenvalue weighted by atomic mass is 19.1. The van der Waals surface area contributed by atoms with Crippen LogP contribution in [-0.2, 0) is 11.3 Å². The molecule has 0 spiro atoms. The molecule has 5 rings (SSSR count). The number of para-hydroxylation sites is 1. The maximum Gasteiger partial charge on any atom is 0.131 e. The number of fused-ring (bicyclic) bond motifs is 1. The average Bonchev–Trinajstić information content (AvgIpc) is 2.82. The van der Waals surface area contributed by atoms with Crippen LogP contribution in [0.2, 0.25) is 0 Å².